The summed E-state index contributed by atoms with van der Waals surface area (Å²) in [6.45, 7) is 0. The highest BCUT2D eigenvalue weighted by Gasteiger charge is 2.10. The van der Waals surface area contributed by atoms with Gasteiger partial charge in [-0.15, -0.1) is 11.6 Å². The largest absolute Gasteiger partial charge is 0.495 e. The number of ether oxygens (including phenoxy) is 2. The van der Waals surface area contributed by atoms with Crippen molar-refractivity contribution in [3.8, 4) is 23.3 Å². The fourth-order valence-electron chi connectivity index (χ4n) is 1.32. The minimum atomic E-state index is 0.476. The molecule has 0 amide bonds. The van der Waals surface area contributed by atoms with Crippen LogP contribution in [0.3, 0.4) is 0 Å². The van der Waals surface area contributed by atoms with Crippen molar-refractivity contribution in [2.24, 2.45) is 0 Å². The van der Waals surface area contributed by atoms with Gasteiger partial charge in [0.2, 0.25) is 0 Å². The summed E-state index contributed by atoms with van der Waals surface area (Å²) in [7, 11) is 3.05. The quantitative estimate of drug-likeness (QED) is 0.469. The molecule has 0 aromatic heterocycles. The molecule has 90 valence electrons. The molecule has 0 unspecified atom stereocenters. The lowest BCUT2D eigenvalue weighted by Crippen LogP contribution is -1.95. The molecule has 17 heavy (non-hydrogen) atoms. The molecular weight excluding hydrogens is 240 g/mol. The van der Waals surface area contributed by atoms with Crippen molar-refractivity contribution in [2.75, 3.05) is 20.1 Å². The molecule has 0 saturated heterocycles. The molecule has 0 aliphatic rings. The second kappa shape index (κ2) is 6.82. The van der Waals surface area contributed by atoms with Crippen molar-refractivity contribution in [2.45, 2.75) is 6.42 Å². The maximum Gasteiger partial charge on any atom is 0.150 e. The minimum absolute atomic E-state index is 0.476. The van der Waals surface area contributed by atoms with E-state index in [9.17, 15) is 4.79 Å². The van der Waals surface area contributed by atoms with Gasteiger partial charge in [-0.1, -0.05) is 11.8 Å². The van der Waals surface area contributed by atoms with Crippen LogP contribution in [-0.2, 0) is 0 Å². The van der Waals surface area contributed by atoms with E-state index >= 15 is 0 Å². The molecule has 0 atom stereocenters. The van der Waals surface area contributed by atoms with Gasteiger partial charge in [0, 0.05) is 17.9 Å². The number of carbonyl (C=O) groups is 1. The van der Waals surface area contributed by atoms with Crippen molar-refractivity contribution in [1.82, 2.24) is 0 Å². The first kappa shape index (κ1) is 13.4. The Morgan fingerprint density at radius 1 is 1.29 bits per heavy atom. The highest BCUT2D eigenvalue weighted by atomic mass is 35.5. The Morgan fingerprint density at radius 3 is 2.29 bits per heavy atom. The number of benzene rings is 1. The third kappa shape index (κ3) is 3.40. The molecule has 0 heterocycles. The van der Waals surface area contributed by atoms with Crippen LogP contribution in [0.1, 0.15) is 22.3 Å². The summed E-state index contributed by atoms with van der Waals surface area (Å²) in [4.78, 5) is 10.7. The van der Waals surface area contributed by atoms with Gasteiger partial charge in [-0.05, 0) is 12.1 Å². The number of hydrogen-bond donors (Lipinski definition) is 0. The average molecular weight is 253 g/mol. The zero-order valence-electron chi connectivity index (χ0n) is 9.75. The second-order valence-corrected chi connectivity index (χ2v) is 3.54. The minimum Gasteiger partial charge on any atom is -0.495 e. The van der Waals surface area contributed by atoms with Gasteiger partial charge < -0.3 is 9.47 Å². The Morgan fingerprint density at radius 2 is 1.88 bits per heavy atom. The molecule has 0 fully saturated rings. The van der Waals surface area contributed by atoms with E-state index in [0.29, 0.717) is 34.9 Å². The number of aldehydes is 1. The predicted molar refractivity (Wildman–Crippen MR) is 67.1 cm³/mol. The second-order valence-electron chi connectivity index (χ2n) is 3.16. The fourth-order valence-corrected chi connectivity index (χ4v) is 1.42. The molecule has 0 spiro atoms. The van der Waals surface area contributed by atoms with Gasteiger partial charge >= 0.3 is 0 Å². The summed E-state index contributed by atoms with van der Waals surface area (Å²) >= 11 is 5.55. The van der Waals surface area contributed by atoms with Crippen LogP contribution in [0.15, 0.2) is 12.1 Å². The zero-order valence-corrected chi connectivity index (χ0v) is 10.5. The van der Waals surface area contributed by atoms with Crippen molar-refractivity contribution >= 4 is 17.9 Å². The first-order valence-electron chi connectivity index (χ1n) is 5.02. The van der Waals surface area contributed by atoms with E-state index in [1.165, 1.54) is 14.2 Å². The lowest BCUT2D eigenvalue weighted by atomic mass is 10.1. The molecule has 4 heteroatoms. The van der Waals surface area contributed by atoms with Gasteiger partial charge in [0.1, 0.15) is 23.3 Å². The van der Waals surface area contributed by atoms with Gasteiger partial charge in [-0.25, -0.2) is 0 Å². The van der Waals surface area contributed by atoms with E-state index < -0.39 is 0 Å². The number of hydrogen-bond acceptors (Lipinski definition) is 3. The Kier molecular flexibility index (Phi) is 5.38. The van der Waals surface area contributed by atoms with E-state index in [1.54, 1.807) is 12.1 Å². The number of carbonyl (C=O) groups excluding carboxylic acids is 1. The third-order valence-corrected chi connectivity index (χ3v) is 2.29. The standard InChI is InChI=1S/C13H13ClO3/c1-16-12-7-10(9-15)8-13(17-2)11(12)5-3-4-6-14/h7-9H,4,6H2,1-2H3. The summed E-state index contributed by atoms with van der Waals surface area (Å²) in [5, 5.41) is 0. The maximum atomic E-state index is 10.7. The normalized spacial score (nSPS) is 9.12. The van der Waals surface area contributed by atoms with Crippen molar-refractivity contribution < 1.29 is 14.3 Å². The van der Waals surface area contributed by atoms with E-state index in [4.69, 9.17) is 21.1 Å². The summed E-state index contributed by atoms with van der Waals surface area (Å²) < 4.78 is 10.4. The lowest BCUT2D eigenvalue weighted by molar-refractivity contribution is 0.112. The first-order valence-corrected chi connectivity index (χ1v) is 5.56. The number of halogens is 1. The summed E-state index contributed by atoms with van der Waals surface area (Å²) in [5.74, 6) is 7.36. The molecule has 1 aromatic carbocycles. The molecule has 0 saturated carbocycles. The monoisotopic (exact) mass is 252 g/mol. The Labute approximate surface area is 106 Å². The molecule has 1 aromatic rings. The highest BCUT2D eigenvalue weighted by Crippen LogP contribution is 2.29. The molecule has 0 aliphatic carbocycles. The Balaban J connectivity index is 3.25. The average Bonchev–Trinajstić information content (AvgIpc) is 2.38. The smallest absolute Gasteiger partial charge is 0.150 e. The summed E-state index contributed by atoms with van der Waals surface area (Å²) in [5.41, 5.74) is 1.12. The SMILES string of the molecule is COc1cc(C=O)cc(OC)c1C#CCCCl. The van der Waals surface area contributed by atoms with Gasteiger partial charge in [0.05, 0.1) is 14.2 Å². The molecule has 3 nitrogen and oxygen atoms in total. The number of methoxy groups -OCH3 is 2. The van der Waals surface area contributed by atoms with Crippen LogP contribution < -0.4 is 9.47 Å². The fraction of sp³-hybridized carbons (Fsp3) is 0.308. The van der Waals surface area contributed by atoms with E-state index in [0.717, 1.165) is 6.29 Å². The van der Waals surface area contributed by atoms with Crippen molar-refractivity contribution in [1.29, 1.82) is 0 Å². The Bertz CT molecular complexity index is 432. The first-order chi connectivity index (χ1) is 8.26. The van der Waals surface area contributed by atoms with Gasteiger partial charge in [-0.2, -0.15) is 0 Å². The zero-order chi connectivity index (χ0) is 12.7. The molecule has 0 N–H and O–H groups in total. The molecule has 0 bridgehead atoms. The van der Waals surface area contributed by atoms with Crippen LogP contribution in [0.4, 0.5) is 0 Å². The molecule has 1 rings (SSSR count). The van der Waals surface area contributed by atoms with Gasteiger partial charge in [0.15, 0.2) is 0 Å². The topological polar surface area (TPSA) is 35.5 Å². The van der Waals surface area contributed by atoms with Crippen LogP contribution in [-0.4, -0.2) is 26.4 Å². The van der Waals surface area contributed by atoms with E-state index in [2.05, 4.69) is 11.8 Å². The van der Waals surface area contributed by atoms with E-state index in [-0.39, 0.29) is 0 Å². The van der Waals surface area contributed by atoms with Crippen LogP contribution >= 0.6 is 11.6 Å². The molecular formula is C13H13ClO3. The Hall–Kier alpha value is -1.66. The van der Waals surface area contributed by atoms with Crippen LogP contribution in [0.2, 0.25) is 0 Å². The van der Waals surface area contributed by atoms with Crippen molar-refractivity contribution in [3.05, 3.63) is 23.3 Å². The summed E-state index contributed by atoms with van der Waals surface area (Å²) in [6, 6.07) is 3.25. The molecule has 0 aliphatic heterocycles. The lowest BCUT2D eigenvalue weighted by Gasteiger charge is -2.09. The third-order valence-electron chi connectivity index (χ3n) is 2.10. The van der Waals surface area contributed by atoms with Crippen LogP contribution in [0, 0.1) is 11.8 Å². The number of rotatable bonds is 4. The van der Waals surface area contributed by atoms with Crippen molar-refractivity contribution in [3.63, 3.8) is 0 Å². The number of alkyl halides is 1. The summed E-state index contributed by atoms with van der Waals surface area (Å²) in [6.07, 6.45) is 1.32. The maximum absolute atomic E-state index is 10.7. The van der Waals surface area contributed by atoms with E-state index in [1.807, 2.05) is 0 Å². The molecule has 0 radical (unpaired) electrons. The van der Waals surface area contributed by atoms with Gasteiger partial charge in [0.25, 0.3) is 0 Å². The van der Waals surface area contributed by atoms with Crippen LogP contribution in [0.25, 0.3) is 0 Å². The van der Waals surface area contributed by atoms with Crippen LogP contribution in [0.5, 0.6) is 11.5 Å². The van der Waals surface area contributed by atoms with Gasteiger partial charge in [-0.3, -0.25) is 4.79 Å². The predicted octanol–water partition coefficient (Wildman–Crippen LogP) is 2.50. The highest BCUT2D eigenvalue weighted by molar-refractivity contribution is 6.18.